The van der Waals surface area contributed by atoms with Gasteiger partial charge in [-0.05, 0) is 17.7 Å². The second-order valence-electron chi connectivity index (χ2n) is 2.97. The molecule has 1 aromatic carbocycles. The lowest BCUT2D eigenvalue weighted by atomic mass is 10.1. The number of aromatic amines is 1. The van der Waals surface area contributed by atoms with E-state index in [9.17, 15) is 5.11 Å². The summed E-state index contributed by atoms with van der Waals surface area (Å²) in [6, 6.07) is 6.99. The van der Waals surface area contributed by atoms with Gasteiger partial charge >= 0.3 is 0 Å². The van der Waals surface area contributed by atoms with E-state index < -0.39 is 6.10 Å². The third-order valence-corrected chi connectivity index (χ3v) is 1.97. The molecule has 1 unspecified atom stereocenters. The highest BCUT2D eigenvalue weighted by molar-refractivity contribution is 5.40. The number of rotatable bonds is 2. The van der Waals surface area contributed by atoms with Gasteiger partial charge < -0.3 is 10.8 Å². The third kappa shape index (κ3) is 1.57. The molecule has 5 heteroatoms. The molecule has 0 saturated carbocycles. The number of benzene rings is 1. The standard InChI is InChI=1S/C9H10N4O/c10-7-3-1-6(2-4-7)9(14)8-5-11-13-12-8/h1-5,9,14H,10H2,(H,11,12,13). The molecule has 0 fully saturated rings. The first-order valence-electron chi connectivity index (χ1n) is 4.17. The predicted octanol–water partition coefficient (Wildman–Crippen LogP) is 0.469. The molecule has 1 aromatic heterocycles. The molecule has 2 rings (SSSR count). The number of aromatic nitrogens is 3. The highest BCUT2D eigenvalue weighted by atomic mass is 16.3. The minimum absolute atomic E-state index is 0.495. The van der Waals surface area contributed by atoms with Crippen LogP contribution in [0.25, 0.3) is 0 Å². The van der Waals surface area contributed by atoms with Crippen molar-refractivity contribution >= 4 is 5.69 Å². The van der Waals surface area contributed by atoms with Crippen LogP contribution in [-0.4, -0.2) is 20.5 Å². The van der Waals surface area contributed by atoms with Crippen LogP contribution in [0.5, 0.6) is 0 Å². The van der Waals surface area contributed by atoms with Gasteiger partial charge in [0.15, 0.2) is 0 Å². The molecule has 14 heavy (non-hydrogen) atoms. The molecule has 0 spiro atoms. The molecular weight excluding hydrogens is 180 g/mol. The van der Waals surface area contributed by atoms with E-state index in [-0.39, 0.29) is 0 Å². The minimum atomic E-state index is -0.755. The molecule has 4 N–H and O–H groups in total. The van der Waals surface area contributed by atoms with Crippen molar-refractivity contribution in [2.24, 2.45) is 0 Å². The van der Waals surface area contributed by atoms with E-state index in [0.29, 0.717) is 11.4 Å². The van der Waals surface area contributed by atoms with Crippen molar-refractivity contribution in [3.63, 3.8) is 0 Å². The van der Waals surface area contributed by atoms with Gasteiger partial charge in [0, 0.05) is 11.9 Å². The van der Waals surface area contributed by atoms with E-state index in [1.54, 1.807) is 30.5 Å². The van der Waals surface area contributed by atoms with Gasteiger partial charge in [-0.3, -0.25) is 5.10 Å². The summed E-state index contributed by atoms with van der Waals surface area (Å²) in [6.45, 7) is 0. The number of aliphatic hydroxyl groups excluding tert-OH is 1. The van der Waals surface area contributed by atoms with Crippen molar-refractivity contribution in [3.05, 3.63) is 41.7 Å². The van der Waals surface area contributed by atoms with E-state index in [1.165, 1.54) is 0 Å². The summed E-state index contributed by atoms with van der Waals surface area (Å²) in [6.07, 6.45) is 0.801. The van der Waals surface area contributed by atoms with Gasteiger partial charge in [0.1, 0.15) is 11.8 Å². The Hall–Kier alpha value is -1.88. The Kier molecular flexibility index (Phi) is 2.16. The maximum absolute atomic E-state index is 9.81. The summed E-state index contributed by atoms with van der Waals surface area (Å²) in [7, 11) is 0. The monoisotopic (exact) mass is 190 g/mol. The largest absolute Gasteiger partial charge is 0.399 e. The molecule has 0 bridgehead atoms. The number of hydrogen-bond donors (Lipinski definition) is 3. The van der Waals surface area contributed by atoms with Crippen LogP contribution in [0.2, 0.25) is 0 Å². The van der Waals surface area contributed by atoms with Crippen LogP contribution in [0.15, 0.2) is 30.5 Å². The molecule has 0 aliphatic heterocycles. The first-order chi connectivity index (χ1) is 6.77. The Morgan fingerprint density at radius 1 is 1.29 bits per heavy atom. The van der Waals surface area contributed by atoms with E-state index in [2.05, 4.69) is 15.4 Å². The Labute approximate surface area is 80.6 Å². The number of nitrogens with one attached hydrogen (secondary N) is 1. The lowest BCUT2D eigenvalue weighted by Crippen LogP contribution is -2.00. The van der Waals surface area contributed by atoms with Gasteiger partial charge in [-0.2, -0.15) is 0 Å². The number of nitrogens with two attached hydrogens (primary N) is 1. The van der Waals surface area contributed by atoms with Crippen LogP contribution < -0.4 is 5.73 Å². The molecule has 0 amide bonds. The number of H-pyrrole nitrogens is 1. The van der Waals surface area contributed by atoms with E-state index in [0.717, 1.165) is 5.56 Å². The number of anilines is 1. The average Bonchev–Trinajstić information content (AvgIpc) is 2.71. The molecule has 1 atom stereocenters. The molecule has 0 radical (unpaired) electrons. The fraction of sp³-hybridized carbons (Fsp3) is 0.111. The summed E-state index contributed by atoms with van der Waals surface area (Å²) in [5.74, 6) is 0. The second kappa shape index (κ2) is 3.47. The van der Waals surface area contributed by atoms with Gasteiger partial charge in [0.25, 0.3) is 0 Å². The van der Waals surface area contributed by atoms with Crippen molar-refractivity contribution in [1.29, 1.82) is 0 Å². The molecule has 72 valence electrons. The molecule has 0 aliphatic carbocycles. The molecule has 5 nitrogen and oxygen atoms in total. The zero-order valence-electron chi connectivity index (χ0n) is 7.38. The maximum atomic E-state index is 9.81. The quantitative estimate of drug-likeness (QED) is 0.600. The van der Waals surface area contributed by atoms with Gasteiger partial charge in [-0.1, -0.05) is 17.3 Å². The molecule has 0 saturated heterocycles. The van der Waals surface area contributed by atoms with Gasteiger partial charge in [-0.15, -0.1) is 5.10 Å². The van der Waals surface area contributed by atoms with E-state index in [4.69, 9.17) is 5.73 Å². The smallest absolute Gasteiger partial charge is 0.124 e. The lowest BCUT2D eigenvalue weighted by Gasteiger charge is -2.06. The topological polar surface area (TPSA) is 87.8 Å². The van der Waals surface area contributed by atoms with Gasteiger partial charge in [0.2, 0.25) is 0 Å². The fourth-order valence-electron chi connectivity index (χ4n) is 1.19. The second-order valence-corrected chi connectivity index (χ2v) is 2.97. The Morgan fingerprint density at radius 2 is 2.00 bits per heavy atom. The van der Waals surface area contributed by atoms with Crippen LogP contribution >= 0.6 is 0 Å². The highest BCUT2D eigenvalue weighted by Crippen LogP contribution is 2.19. The number of aliphatic hydroxyl groups is 1. The van der Waals surface area contributed by atoms with Crippen molar-refractivity contribution in [2.45, 2.75) is 6.10 Å². The molecular formula is C9H10N4O. The summed E-state index contributed by atoms with van der Waals surface area (Å²) in [5.41, 5.74) is 7.44. The molecule has 2 aromatic rings. The van der Waals surface area contributed by atoms with Crippen LogP contribution in [0, 0.1) is 0 Å². The number of nitrogens with zero attached hydrogens (tertiary/aromatic N) is 2. The van der Waals surface area contributed by atoms with Crippen molar-refractivity contribution < 1.29 is 5.11 Å². The minimum Gasteiger partial charge on any atom is -0.399 e. The van der Waals surface area contributed by atoms with Crippen molar-refractivity contribution in [3.8, 4) is 0 Å². The fourth-order valence-corrected chi connectivity index (χ4v) is 1.19. The predicted molar refractivity (Wildman–Crippen MR) is 51.3 cm³/mol. The first-order valence-corrected chi connectivity index (χ1v) is 4.17. The Balaban J connectivity index is 2.28. The highest BCUT2D eigenvalue weighted by Gasteiger charge is 2.12. The van der Waals surface area contributed by atoms with E-state index in [1.807, 2.05) is 0 Å². The van der Waals surface area contributed by atoms with Gasteiger partial charge in [0.05, 0.1) is 0 Å². The summed E-state index contributed by atoms with van der Waals surface area (Å²) in [5, 5.41) is 19.6. The average molecular weight is 190 g/mol. The first kappa shape index (κ1) is 8.71. The van der Waals surface area contributed by atoms with Crippen molar-refractivity contribution in [1.82, 2.24) is 15.4 Å². The maximum Gasteiger partial charge on any atom is 0.124 e. The Bertz CT molecular complexity index is 395. The third-order valence-electron chi connectivity index (χ3n) is 1.97. The number of hydrogen-bond acceptors (Lipinski definition) is 4. The molecule has 1 heterocycles. The van der Waals surface area contributed by atoms with Crippen LogP contribution in [0.1, 0.15) is 17.4 Å². The zero-order chi connectivity index (χ0) is 9.97. The normalized spacial score (nSPS) is 12.6. The Morgan fingerprint density at radius 3 is 2.57 bits per heavy atom. The van der Waals surface area contributed by atoms with Gasteiger partial charge in [-0.25, -0.2) is 0 Å². The number of nitrogen functional groups attached to an aromatic ring is 1. The van der Waals surface area contributed by atoms with Crippen LogP contribution in [0.4, 0.5) is 5.69 Å². The summed E-state index contributed by atoms with van der Waals surface area (Å²) >= 11 is 0. The van der Waals surface area contributed by atoms with E-state index >= 15 is 0 Å². The van der Waals surface area contributed by atoms with Crippen LogP contribution in [0.3, 0.4) is 0 Å². The summed E-state index contributed by atoms with van der Waals surface area (Å²) < 4.78 is 0. The van der Waals surface area contributed by atoms with Crippen LogP contribution in [-0.2, 0) is 0 Å². The van der Waals surface area contributed by atoms with Crippen molar-refractivity contribution in [2.75, 3.05) is 5.73 Å². The SMILES string of the molecule is Nc1ccc(C(O)c2c[nH]nn2)cc1. The molecule has 0 aliphatic rings. The summed E-state index contributed by atoms with van der Waals surface area (Å²) in [4.78, 5) is 0. The lowest BCUT2D eigenvalue weighted by molar-refractivity contribution is 0.215. The zero-order valence-corrected chi connectivity index (χ0v) is 7.38.